The zero-order valence-electron chi connectivity index (χ0n) is 18.9. The van der Waals surface area contributed by atoms with Crippen LogP contribution in [0.3, 0.4) is 0 Å². The molecular formula is C24H36ClN3O2. The maximum absolute atomic E-state index is 12.4. The topological polar surface area (TPSA) is 36.0 Å². The van der Waals surface area contributed by atoms with Crippen molar-refractivity contribution in [3.63, 3.8) is 0 Å². The van der Waals surface area contributed by atoms with Crippen molar-refractivity contribution in [1.29, 1.82) is 0 Å². The minimum absolute atomic E-state index is 0.167. The van der Waals surface area contributed by atoms with Crippen LogP contribution in [0.25, 0.3) is 0 Å². The van der Waals surface area contributed by atoms with E-state index in [1.807, 2.05) is 31.7 Å². The van der Waals surface area contributed by atoms with Crippen LogP contribution in [0.15, 0.2) is 18.2 Å². The van der Waals surface area contributed by atoms with Crippen molar-refractivity contribution in [2.45, 2.75) is 52.7 Å². The zero-order valence-corrected chi connectivity index (χ0v) is 19.6. The van der Waals surface area contributed by atoms with Crippen LogP contribution in [0.5, 0.6) is 0 Å². The second-order valence-electron chi connectivity index (χ2n) is 10.5. The first kappa shape index (κ1) is 21.8. The zero-order chi connectivity index (χ0) is 21.5. The predicted octanol–water partition coefficient (Wildman–Crippen LogP) is 4.88. The summed E-state index contributed by atoms with van der Waals surface area (Å²) in [4.78, 5) is 19.3. The van der Waals surface area contributed by atoms with Crippen LogP contribution in [0.1, 0.15) is 46.1 Å². The van der Waals surface area contributed by atoms with E-state index in [0.29, 0.717) is 11.8 Å². The molecule has 0 bridgehead atoms. The summed E-state index contributed by atoms with van der Waals surface area (Å²) in [5, 5.41) is 0.873. The number of ether oxygens (including phenoxy) is 1. The van der Waals surface area contributed by atoms with Crippen LogP contribution in [-0.4, -0.2) is 60.8 Å². The summed E-state index contributed by atoms with van der Waals surface area (Å²) in [5.74, 6) is 1.88. The highest BCUT2D eigenvalue weighted by molar-refractivity contribution is 6.33. The van der Waals surface area contributed by atoms with Crippen molar-refractivity contribution < 1.29 is 9.53 Å². The van der Waals surface area contributed by atoms with Gasteiger partial charge in [0.25, 0.3) is 0 Å². The lowest BCUT2D eigenvalue weighted by atomic mass is 9.98. The van der Waals surface area contributed by atoms with Gasteiger partial charge >= 0.3 is 6.09 Å². The third-order valence-corrected chi connectivity index (χ3v) is 7.08. The minimum Gasteiger partial charge on any atom is -0.444 e. The first-order chi connectivity index (χ1) is 14.2. The minimum atomic E-state index is -0.434. The molecule has 2 atom stereocenters. The number of benzene rings is 1. The second-order valence-corrected chi connectivity index (χ2v) is 10.9. The highest BCUT2D eigenvalue weighted by atomic mass is 35.5. The second kappa shape index (κ2) is 8.58. The van der Waals surface area contributed by atoms with Gasteiger partial charge in [-0.25, -0.2) is 4.79 Å². The number of anilines is 1. The van der Waals surface area contributed by atoms with E-state index in [4.69, 9.17) is 16.3 Å². The fourth-order valence-corrected chi connectivity index (χ4v) is 5.52. The molecule has 0 saturated carbocycles. The number of nitrogens with zero attached hydrogens (tertiary/aromatic N) is 3. The van der Waals surface area contributed by atoms with Crippen molar-refractivity contribution in [3.8, 4) is 0 Å². The van der Waals surface area contributed by atoms with E-state index in [1.54, 1.807) is 0 Å². The number of fused-ring (bicyclic) bond motifs is 1. The van der Waals surface area contributed by atoms with Crippen LogP contribution >= 0.6 is 11.6 Å². The van der Waals surface area contributed by atoms with E-state index < -0.39 is 5.60 Å². The molecule has 0 N–H and O–H groups in total. The van der Waals surface area contributed by atoms with Gasteiger partial charge in [0.05, 0.1) is 10.7 Å². The lowest BCUT2D eigenvalue weighted by molar-refractivity contribution is 0.0274. The maximum Gasteiger partial charge on any atom is 0.410 e. The summed E-state index contributed by atoms with van der Waals surface area (Å²) in [5.41, 5.74) is 2.13. The smallest absolute Gasteiger partial charge is 0.410 e. The van der Waals surface area contributed by atoms with E-state index in [1.165, 1.54) is 24.1 Å². The monoisotopic (exact) mass is 433 g/mol. The third kappa shape index (κ3) is 4.88. The summed E-state index contributed by atoms with van der Waals surface area (Å²) in [6, 6.07) is 6.34. The first-order valence-electron chi connectivity index (χ1n) is 11.4. The molecule has 166 valence electrons. The van der Waals surface area contributed by atoms with Crippen molar-refractivity contribution in [1.82, 2.24) is 9.80 Å². The van der Waals surface area contributed by atoms with Gasteiger partial charge in [0.1, 0.15) is 5.60 Å². The van der Waals surface area contributed by atoms with Gasteiger partial charge in [-0.2, -0.15) is 0 Å². The molecule has 6 heteroatoms. The lowest BCUT2D eigenvalue weighted by Crippen LogP contribution is -2.37. The molecule has 4 rings (SSSR count). The number of carbonyl (C=O) groups is 1. The average molecular weight is 434 g/mol. The third-order valence-electron chi connectivity index (χ3n) is 6.78. The Hall–Kier alpha value is -1.46. The number of likely N-dealkylation sites (tertiary alicyclic amines) is 2. The Balaban J connectivity index is 1.38. The standard InChI is InChI=1S/C24H36ClN3O2/c1-17-8-10-27(11-9-17)22-18(6-5-7-21(22)25)12-26-13-19-15-28(16-20(19)14-26)23(29)30-24(2,3)4/h5-7,17,19-20H,8-16H2,1-4H3. The van der Waals surface area contributed by atoms with Crippen molar-refractivity contribution in [2.75, 3.05) is 44.2 Å². The molecule has 1 aromatic carbocycles. The Morgan fingerprint density at radius 3 is 2.33 bits per heavy atom. The van der Waals surface area contributed by atoms with Crippen molar-refractivity contribution in [3.05, 3.63) is 28.8 Å². The van der Waals surface area contributed by atoms with Crippen LogP contribution in [0.2, 0.25) is 5.02 Å². The molecule has 0 aliphatic carbocycles. The lowest BCUT2D eigenvalue weighted by Gasteiger charge is -2.35. The van der Waals surface area contributed by atoms with Gasteiger partial charge in [-0.1, -0.05) is 30.7 Å². The van der Waals surface area contributed by atoms with Crippen LogP contribution in [0.4, 0.5) is 10.5 Å². The summed E-state index contributed by atoms with van der Waals surface area (Å²) in [6.45, 7) is 14.9. The van der Waals surface area contributed by atoms with Crippen molar-refractivity contribution in [2.24, 2.45) is 17.8 Å². The van der Waals surface area contributed by atoms with Crippen LogP contribution in [0, 0.1) is 17.8 Å². The number of hydrogen-bond acceptors (Lipinski definition) is 4. The number of carbonyl (C=O) groups excluding carboxylic acids is 1. The molecule has 2 unspecified atom stereocenters. The molecule has 0 aromatic heterocycles. The normalized spacial score (nSPS) is 25.6. The number of halogens is 1. The molecule has 0 spiro atoms. The SMILES string of the molecule is CC1CCN(c2c(Cl)cccc2CN2CC3CN(C(=O)OC(C)(C)C)CC3C2)CC1. The van der Waals surface area contributed by atoms with Gasteiger partial charge in [-0.3, -0.25) is 4.90 Å². The van der Waals surface area contributed by atoms with E-state index in [0.717, 1.165) is 56.8 Å². The Labute approximate surface area is 186 Å². The van der Waals surface area contributed by atoms with Crippen LogP contribution < -0.4 is 4.90 Å². The number of rotatable bonds is 3. The molecule has 3 saturated heterocycles. The van der Waals surface area contributed by atoms with Gasteiger partial charge in [0, 0.05) is 45.8 Å². The molecule has 1 amide bonds. The molecule has 3 aliphatic heterocycles. The van der Waals surface area contributed by atoms with Gasteiger partial charge in [0.2, 0.25) is 0 Å². The van der Waals surface area contributed by atoms with E-state index >= 15 is 0 Å². The number of hydrogen-bond donors (Lipinski definition) is 0. The first-order valence-corrected chi connectivity index (χ1v) is 11.8. The molecule has 3 fully saturated rings. The molecule has 5 nitrogen and oxygen atoms in total. The molecule has 0 radical (unpaired) electrons. The van der Waals surface area contributed by atoms with Gasteiger partial charge < -0.3 is 14.5 Å². The van der Waals surface area contributed by atoms with Gasteiger partial charge in [-0.15, -0.1) is 0 Å². The Kier molecular flexibility index (Phi) is 6.23. The Morgan fingerprint density at radius 2 is 1.73 bits per heavy atom. The van der Waals surface area contributed by atoms with Gasteiger partial charge in [0.15, 0.2) is 0 Å². The number of piperidine rings is 1. The van der Waals surface area contributed by atoms with Gasteiger partial charge in [-0.05, 0) is 63.0 Å². The molecule has 3 aliphatic rings. The Morgan fingerprint density at radius 1 is 1.10 bits per heavy atom. The summed E-state index contributed by atoms with van der Waals surface area (Å²) >= 11 is 6.67. The molecular weight excluding hydrogens is 398 g/mol. The van der Waals surface area contributed by atoms with Crippen LogP contribution in [-0.2, 0) is 11.3 Å². The number of amides is 1. The molecule has 30 heavy (non-hydrogen) atoms. The quantitative estimate of drug-likeness (QED) is 0.680. The average Bonchev–Trinajstić information content (AvgIpc) is 3.20. The summed E-state index contributed by atoms with van der Waals surface area (Å²) < 4.78 is 5.57. The highest BCUT2D eigenvalue weighted by Crippen LogP contribution is 2.37. The summed E-state index contributed by atoms with van der Waals surface area (Å²) in [7, 11) is 0. The van der Waals surface area contributed by atoms with E-state index in [-0.39, 0.29) is 6.09 Å². The molecule has 3 heterocycles. The Bertz CT molecular complexity index is 756. The molecule has 1 aromatic rings. The largest absolute Gasteiger partial charge is 0.444 e. The summed E-state index contributed by atoms with van der Waals surface area (Å²) in [6.07, 6.45) is 2.30. The van der Waals surface area contributed by atoms with Crippen molar-refractivity contribution >= 4 is 23.4 Å². The van der Waals surface area contributed by atoms with E-state index in [9.17, 15) is 4.79 Å². The number of para-hydroxylation sites is 1. The maximum atomic E-state index is 12.4. The highest BCUT2D eigenvalue weighted by Gasteiger charge is 2.42. The predicted molar refractivity (Wildman–Crippen MR) is 122 cm³/mol. The van der Waals surface area contributed by atoms with E-state index in [2.05, 4.69) is 28.9 Å². The fraction of sp³-hybridized carbons (Fsp3) is 0.708. The fourth-order valence-electron chi connectivity index (χ4n) is 5.21.